The standard InChI is InChI=1S/C19H17F2N3O5/c1-10-17(26)24-13-8-11(6-7-15(13)28-10)23-16(25)9-22-18(27)12-4-2-3-5-14(12)29-19(20)21/h2-8,10,19H,9H2,1H3,(H,22,27)(H,23,25)(H,24,26)/t10-/m0/s1. The molecule has 3 N–H and O–H groups in total. The van der Waals surface area contributed by atoms with Gasteiger partial charge in [0.1, 0.15) is 11.5 Å². The summed E-state index contributed by atoms with van der Waals surface area (Å²) in [6, 6.07) is 10.2. The quantitative estimate of drug-likeness (QED) is 0.684. The van der Waals surface area contributed by atoms with Gasteiger partial charge < -0.3 is 25.4 Å². The van der Waals surface area contributed by atoms with Crippen molar-refractivity contribution >= 4 is 29.1 Å². The Morgan fingerprint density at radius 1 is 1.24 bits per heavy atom. The van der Waals surface area contributed by atoms with Gasteiger partial charge in [0.25, 0.3) is 11.8 Å². The first-order valence-corrected chi connectivity index (χ1v) is 8.57. The van der Waals surface area contributed by atoms with Crippen LogP contribution >= 0.6 is 0 Å². The molecule has 0 aromatic heterocycles. The molecule has 8 nitrogen and oxygen atoms in total. The van der Waals surface area contributed by atoms with E-state index in [9.17, 15) is 23.2 Å². The van der Waals surface area contributed by atoms with Crippen molar-refractivity contribution in [2.24, 2.45) is 0 Å². The molecule has 2 aromatic carbocycles. The van der Waals surface area contributed by atoms with Crippen LogP contribution in [-0.2, 0) is 9.59 Å². The highest BCUT2D eigenvalue weighted by molar-refractivity contribution is 6.02. The van der Waals surface area contributed by atoms with Gasteiger partial charge in [0.15, 0.2) is 6.10 Å². The van der Waals surface area contributed by atoms with Crippen LogP contribution < -0.4 is 25.4 Å². The molecule has 0 aliphatic carbocycles. The summed E-state index contributed by atoms with van der Waals surface area (Å²) in [7, 11) is 0. The SMILES string of the molecule is C[C@@H]1Oc2ccc(NC(=O)CNC(=O)c3ccccc3OC(F)F)cc2NC1=O. The minimum atomic E-state index is -3.08. The van der Waals surface area contributed by atoms with Gasteiger partial charge in [-0.1, -0.05) is 12.1 Å². The first-order valence-electron chi connectivity index (χ1n) is 8.57. The van der Waals surface area contributed by atoms with E-state index in [2.05, 4.69) is 20.7 Å². The van der Waals surface area contributed by atoms with E-state index < -0.39 is 31.1 Å². The highest BCUT2D eigenvalue weighted by Gasteiger charge is 2.23. The molecular weight excluding hydrogens is 388 g/mol. The Morgan fingerprint density at radius 2 is 2.00 bits per heavy atom. The Bertz CT molecular complexity index is 951. The third-order valence-electron chi connectivity index (χ3n) is 3.95. The molecule has 3 rings (SSSR count). The van der Waals surface area contributed by atoms with Gasteiger partial charge in [0.2, 0.25) is 5.91 Å². The number of para-hydroxylation sites is 1. The smallest absolute Gasteiger partial charge is 0.387 e. The minimum Gasteiger partial charge on any atom is -0.479 e. The van der Waals surface area contributed by atoms with E-state index in [1.165, 1.54) is 30.3 Å². The molecule has 3 amide bonds. The number of benzene rings is 2. The van der Waals surface area contributed by atoms with Crippen molar-refractivity contribution in [1.29, 1.82) is 0 Å². The summed E-state index contributed by atoms with van der Waals surface area (Å²) in [6.07, 6.45) is -0.616. The fraction of sp³-hybridized carbons (Fsp3) is 0.211. The largest absolute Gasteiger partial charge is 0.479 e. The second-order valence-electron chi connectivity index (χ2n) is 6.07. The molecule has 1 heterocycles. The van der Waals surface area contributed by atoms with Crippen LogP contribution in [-0.4, -0.2) is 37.0 Å². The van der Waals surface area contributed by atoms with Crippen molar-refractivity contribution in [3.8, 4) is 11.5 Å². The number of nitrogens with one attached hydrogen (secondary N) is 3. The average molecular weight is 405 g/mol. The lowest BCUT2D eigenvalue weighted by Crippen LogP contribution is -2.34. The highest BCUT2D eigenvalue weighted by Crippen LogP contribution is 2.32. The number of carbonyl (C=O) groups is 3. The molecule has 0 unspecified atom stereocenters. The molecule has 1 aliphatic heterocycles. The van der Waals surface area contributed by atoms with Gasteiger partial charge in [0.05, 0.1) is 17.8 Å². The lowest BCUT2D eigenvalue weighted by Gasteiger charge is -2.23. The van der Waals surface area contributed by atoms with Crippen molar-refractivity contribution in [1.82, 2.24) is 5.32 Å². The van der Waals surface area contributed by atoms with E-state index in [4.69, 9.17) is 4.74 Å². The van der Waals surface area contributed by atoms with E-state index in [1.54, 1.807) is 19.1 Å². The minimum absolute atomic E-state index is 0.122. The van der Waals surface area contributed by atoms with Gasteiger partial charge in [-0.2, -0.15) is 8.78 Å². The van der Waals surface area contributed by atoms with Gasteiger partial charge >= 0.3 is 6.61 Å². The van der Waals surface area contributed by atoms with Crippen LogP contribution in [0.15, 0.2) is 42.5 Å². The molecule has 1 atom stereocenters. The zero-order chi connectivity index (χ0) is 21.0. The zero-order valence-corrected chi connectivity index (χ0v) is 15.2. The Morgan fingerprint density at radius 3 is 2.76 bits per heavy atom. The molecule has 2 aromatic rings. The van der Waals surface area contributed by atoms with E-state index in [0.717, 1.165) is 0 Å². The topological polar surface area (TPSA) is 106 Å². The molecule has 152 valence electrons. The number of hydrogen-bond donors (Lipinski definition) is 3. The number of fused-ring (bicyclic) bond motifs is 1. The maximum absolute atomic E-state index is 12.4. The molecule has 29 heavy (non-hydrogen) atoms. The van der Waals surface area contributed by atoms with Gasteiger partial charge in [-0.05, 0) is 37.3 Å². The van der Waals surface area contributed by atoms with Crippen LogP contribution in [0, 0.1) is 0 Å². The summed E-state index contributed by atoms with van der Waals surface area (Å²) >= 11 is 0. The summed E-state index contributed by atoms with van der Waals surface area (Å²) in [4.78, 5) is 36.0. The maximum Gasteiger partial charge on any atom is 0.387 e. The molecular formula is C19H17F2N3O5. The number of alkyl halides is 2. The normalized spacial score (nSPS) is 15.0. The van der Waals surface area contributed by atoms with E-state index in [0.29, 0.717) is 17.1 Å². The number of hydrogen-bond acceptors (Lipinski definition) is 5. The van der Waals surface area contributed by atoms with E-state index in [-0.39, 0.29) is 17.2 Å². The average Bonchev–Trinajstić information content (AvgIpc) is 2.67. The fourth-order valence-electron chi connectivity index (χ4n) is 2.60. The van der Waals surface area contributed by atoms with Gasteiger partial charge in [-0.15, -0.1) is 0 Å². The number of amides is 3. The molecule has 0 saturated carbocycles. The first-order chi connectivity index (χ1) is 13.8. The number of halogens is 2. The van der Waals surface area contributed by atoms with Crippen LogP contribution in [0.25, 0.3) is 0 Å². The maximum atomic E-state index is 12.4. The molecule has 0 spiro atoms. The third kappa shape index (κ3) is 4.98. The van der Waals surface area contributed by atoms with Gasteiger partial charge in [-0.25, -0.2) is 0 Å². The predicted molar refractivity (Wildman–Crippen MR) is 99.2 cm³/mol. The summed E-state index contributed by atoms with van der Waals surface area (Å²) < 4.78 is 34.6. The number of rotatable bonds is 6. The van der Waals surface area contributed by atoms with Crippen molar-refractivity contribution < 1.29 is 32.6 Å². The Hall–Kier alpha value is -3.69. The zero-order valence-electron chi connectivity index (χ0n) is 15.2. The lowest BCUT2D eigenvalue weighted by atomic mass is 10.2. The summed E-state index contributed by atoms with van der Waals surface area (Å²) in [6.45, 7) is -1.87. The van der Waals surface area contributed by atoms with Gasteiger partial charge in [0, 0.05) is 5.69 Å². The van der Waals surface area contributed by atoms with Crippen LogP contribution in [0.4, 0.5) is 20.2 Å². The molecule has 1 aliphatic rings. The Kier molecular flexibility index (Phi) is 5.91. The van der Waals surface area contributed by atoms with E-state index >= 15 is 0 Å². The van der Waals surface area contributed by atoms with Crippen molar-refractivity contribution in [3.63, 3.8) is 0 Å². The van der Waals surface area contributed by atoms with E-state index in [1.807, 2.05) is 0 Å². The summed E-state index contributed by atoms with van der Waals surface area (Å²) in [5.41, 5.74) is 0.666. The van der Waals surface area contributed by atoms with Gasteiger partial charge in [-0.3, -0.25) is 14.4 Å². The summed E-state index contributed by atoms with van der Waals surface area (Å²) in [5, 5.41) is 7.55. The highest BCUT2D eigenvalue weighted by atomic mass is 19.3. The molecule has 10 heteroatoms. The fourth-order valence-corrected chi connectivity index (χ4v) is 2.60. The van der Waals surface area contributed by atoms with Crippen molar-refractivity contribution in [2.45, 2.75) is 19.6 Å². The first kappa shape index (κ1) is 20.1. The van der Waals surface area contributed by atoms with Crippen LogP contribution in [0.2, 0.25) is 0 Å². The second-order valence-corrected chi connectivity index (χ2v) is 6.07. The number of ether oxygens (including phenoxy) is 2. The Labute approximate surface area is 164 Å². The number of anilines is 2. The van der Waals surface area contributed by atoms with Crippen molar-refractivity contribution in [2.75, 3.05) is 17.2 Å². The molecule has 0 bridgehead atoms. The predicted octanol–water partition coefficient (Wildman–Crippen LogP) is 2.38. The monoisotopic (exact) mass is 405 g/mol. The van der Waals surface area contributed by atoms with Crippen molar-refractivity contribution in [3.05, 3.63) is 48.0 Å². The van der Waals surface area contributed by atoms with Crippen LogP contribution in [0.3, 0.4) is 0 Å². The molecule has 0 fully saturated rings. The second kappa shape index (κ2) is 8.55. The lowest BCUT2D eigenvalue weighted by molar-refractivity contribution is -0.122. The molecule has 0 saturated heterocycles. The van der Waals surface area contributed by atoms with Crippen LogP contribution in [0.1, 0.15) is 17.3 Å². The van der Waals surface area contributed by atoms with Crippen LogP contribution in [0.5, 0.6) is 11.5 Å². The number of carbonyl (C=O) groups excluding carboxylic acids is 3. The Balaban J connectivity index is 1.59. The summed E-state index contributed by atoms with van der Waals surface area (Å²) in [5.74, 6) is -1.42. The third-order valence-corrected chi connectivity index (χ3v) is 3.95. The molecule has 0 radical (unpaired) electrons.